The van der Waals surface area contributed by atoms with Gasteiger partial charge in [-0.2, -0.15) is 0 Å². The number of fused-ring (bicyclic) bond motifs is 1. The standard InChI is InChI=1S/C13H19NO2/c14-6-7-15-8-9-16-13-5-4-11-2-1-3-12(11)10-13/h4-5,10H,1-3,6-9,14H2. The van der Waals surface area contributed by atoms with Crippen molar-refractivity contribution in [2.75, 3.05) is 26.4 Å². The number of ether oxygens (including phenoxy) is 2. The molecule has 0 fully saturated rings. The van der Waals surface area contributed by atoms with Gasteiger partial charge in [-0.1, -0.05) is 6.07 Å². The normalized spacial score (nSPS) is 13.8. The Kier molecular flexibility index (Phi) is 4.19. The SMILES string of the molecule is NCCOCCOc1ccc2c(c1)CCC2. The van der Waals surface area contributed by atoms with E-state index in [9.17, 15) is 0 Å². The van der Waals surface area contributed by atoms with Crippen LogP contribution in [-0.2, 0) is 17.6 Å². The molecule has 0 radical (unpaired) electrons. The van der Waals surface area contributed by atoms with Crippen molar-refractivity contribution in [3.8, 4) is 5.75 Å². The van der Waals surface area contributed by atoms with E-state index in [1.54, 1.807) is 0 Å². The van der Waals surface area contributed by atoms with Gasteiger partial charge in [0.05, 0.1) is 13.2 Å². The topological polar surface area (TPSA) is 44.5 Å². The molecule has 0 amide bonds. The molecule has 2 N–H and O–H groups in total. The molecule has 1 aromatic rings. The number of hydrogen-bond acceptors (Lipinski definition) is 3. The highest BCUT2D eigenvalue weighted by Crippen LogP contribution is 2.25. The zero-order valence-electron chi connectivity index (χ0n) is 9.58. The summed E-state index contributed by atoms with van der Waals surface area (Å²) in [6.45, 7) is 2.37. The Morgan fingerprint density at radius 2 is 1.94 bits per heavy atom. The van der Waals surface area contributed by atoms with Gasteiger partial charge in [-0.3, -0.25) is 0 Å². The lowest BCUT2D eigenvalue weighted by atomic mass is 10.1. The van der Waals surface area contributed by atoms with E-state index in [1.807, 2.05) is 6.07 Å². The second kappa shape index (κ2) is 5.87. The Morgan fingerprint density at radius 1 is 1.06 bits per heavy atom. The van der Waals surface area contributed by atoms with Crippen LogP contribution in [0.15, 0.2) is 18.2 Å². The minimum absolute atomic E-state index is 0.568. The van der Waals surface area contributed by atoms with Crippen molar-refractivity contribution in [1.29, 1.82) is 0 Å². The molecule has 16 heavy (non-hydrogen) atoms. The second-order valence-corrected chi connectivity index (χ2v) is 4.03. The predicted octanol–water partition coefficient (Wildman–Crippen LogP) is 1.53. The van der Waals surface area contributed by atoms with Gasteiger partial charge in [0.25, 0.3) is 0 Å². The lowest BCUT2D eigenvalue weighted by Crippen LogP contribution is -2.13. The summed E-state index contributed by atoms with van der Waals surface area (Å²) in [6.07, 6.45) is 3.68. The average molecular weight is 221 g/mol. The molecule has 0 heterocycles. The smallest absolute Gasteiger partial charge is 0.119 e. The monoisotopic (exact) mass is 221 g/mol. The van der Waals surface area contributed by atoms with Crippen LogP contribution in [0.2, 0.25) is 0 Å². The number of benzene rings is 1. The van der Waals surface area contributed by atoms with Crippen LogP contribution in [0.1, 0.15) is 17.5 Å². The van der Waals surface area contributed by atoms with E-state index in [0.29, 0.717) is 26.4 Å². The Bertz CT molecular complexity index is 339. The summed E-state index contributed by atoms with van der Waals surface area (Å²) < 4.78 is 10.9. The molecule has 0 spiro atoms. The van der Waals surface area contributed by atoms with E-state index in [1.165, 1.54) is 30.4 Å². The van der Waals surface area contributed by atoms with Gasteiger partial charge in [0, 0.05) is 6.54 Å². The Balaban J connectivity index is 1.77. The molecule has 3 heteroatoms. The lowest BCUT2D eigenvalue weighted by Gasteiger charge is -2.08. The maximum atomic E-state index is 5.61. The summed E-state index contributed by atoms with van der Waals surface area (Å²) in [7, 11) is 0. The summed E-state index contributed by atoms with van der Waals surface area (Å²) in [4.78, 5) is 0. The Hall–Kier alpha value is -1.06. The molecular formula is C13H19NO2. The third-order valence-electron chi connectivity index (χ3n) is 2.83. The van der Waals surface area contributed by atoms with Crippen molar-refractivity contribution < 1.29 is 9.47 Å². The first-order chi connectivity index (χ1) is 7.90. The molecule has 0 aromatic heterocycles. The highest BCUT2D eigenvalue weighted by Gasteiger charge is 2.10. The summed E-state index contributed by atoms with van der Waals surface area (Å²) in [5.74, 6) is 0.956. The summed E-state index contributed by atoms with van der Waals surface area (Å²) in [5, 5.41) is 0. The quantitative estimate of drug-likeness (QED) is 0.741. The molecule has 1 aliphatic rings. The molecule has 0 aliphatic heterocycles. The minimum Gasteiger partial charge on any atom is -0.491 e. The molecule has 0 bridgehead atoms. The highest BCUT2D eigenvalue weighted by molar-refractivity contribution is 5.38. The van der Waals surface area contributed by atoms with Crippen molar-refractivity contribution in [2.45, 2.75) is 19.3 Å². The molecule has 0 unspecified atom stereocenters. The van der Waals surface area contributed by atoms with Crippen molar-refractivity contribution >= 4 is 0 Å². The lowest BCUT2D eigenvalue weighted by molar-refractivity contribution is 0.106. The van der Waals surface area contributed by atoms with E-state index < -0.39 is 0 Å². The van der Waals surface area contributed by atoms with Gasteiger partial charge in [0.15, 0.2) is 0 Å². The van der Waals surface area contributed by atoms with E-state index in [0.717, 1.165) is 5.75 Å². The first-order valence-corrected chi connectivity index (χ1v) is 5.92. The van der Waals surface area contributed by atoms with Gasteiger partial charge in [-0.25, -0.2) is 0 Å². The fourth-order valence-electron chi connectivity index (χ4n) is 2.04. The van der Waals surface area contributed by atoms with Crippen molar-refractivity contribution in [3.63, 3.8) is 0 Å². The van der Waals surface area contributed by atoms with Crippen LogP contribution >= 0.6 is 0 Å². The molecule has 3 nitrogen and oxygen atoms in total. The maximum Gasteiger partial charge on any atom is 0.119 e. The van der Waals surface area contributed by atoms with Crippen molar-refractivity contribution in [2.24, 2.45) is 5.73 Å². The van der Waals surface area contributed by atoms with E-state index >= 15 is 0 Å². The third kappa shape index (κ3) is 2.97. The zero-order valence-corrected chi connectivity index (χ0v) is 9.58. The first kappa shape index (κ1) is 11.4. The molecule has 1 aliphatic carbocycles. The van der Waals surface area contributed by atoms with Gasteiger partial charge in [-0.05, 0) is 42.5 Å². The summed E-state index contributed by atoms with van der Waals surface area (Å²) in [6, 6.07) is 6.39. The Labute approximate surface area is 96.5 Å². The fourth-order valence-corrected chi connectivity index (χ4v) is 2.04. The van der Waals surface area contributed by atoms with Crippen LogP contribution < -0.4 is 10.5 Å². The molecule has 0 saturated carbocycles. The maximum absolute atomic E-state index is 5.61. The largest absolute Gasteiger partial charge is 0.491 e. The second-order valence-electron chi connectivity index (χ2n) is 4.03. The van der Waals surface area contributed by atoms with E-state index in [4.69, 9.17) is 15.2 Å². The van der Waals surface area contributed by atoms with Crippen LogP contribution in [0.5, 0.6) is 5.75 Å². The van der Waals surface area contributed by atoms with Gasteiger partial charge in [0.1, 0.15) is 12.4 Å². The molecule has 2 rings (SSSR count). The molecule has 0 atom stereocenters. The van der Waals surface area contributed by atoms with Gasteiger partial charge >= 0.3 is 0 Å². The third-order valence-corrected chi connectivity index (χ3v) is 2.83. The number of nitrogens with two attached hydrogens (primary N) is 1. The highest BCUT2D eigenvalue weighted by atomic mass is 16.5. The summed E-state index contributed by atoms with van der Waals surface area (Å²) >= 11 is 0. The van der Waals surface area contributed by atoms with Gasteiger partial charge < -0.3 is 15.2 Å². The number of rotatable bonds is 6. The number of aryl methyl sites for hydroxylation is 2. The van der Waals surface area contributed by atoms with E-state index in [2.05, 4.69) is 12.1 Å². The first-order valence-electron chi connectivity index (χ1n) is 5.92. The minimum atomic E-state index is 0.568. The van der Waals surface area contributed by atoms with Crippen LogP contribution in [0, 0.1) is 0 Å². The Morgan fingerprint density at radius 3 is 2.81 bits per heavy atom. The molecule has 0 saturated heterocycles. The predicted molar refractivity (Wildman–Crippen MR) is 63.8 cm³/mol. The zero-order chi connectivity index (χ0) is 11.2. The summed E-state index contributed by atoms with van der Waals surface area (Å²) in [5.41, 5.74) is 8.24. The fraction of sp³-hybridized carbons (Fsp3) is 0.538. The van der Waals surface area contributed by atoms with Crippen LogP contribution in [0.4, 0.5) is 0 Å². The van der Waals surface area contributed by atoms with Gasteiger partial charge in [0.2, 0.25) is 0 Å². The van der Waals surface area contributed by atoms with Crippen LogP contribution in [0.25, 0.3) is 0 Å². The molecule has 88 valence electrons. The van der Waals surface area contributed by atoms with Crippen molar-refractivity contribution in [3.05, 3.63) is 29.3 Å². The van der Waals surface area contributed by atoms with E-state index in [-0.39, 0.29) is 0 Å². The number of hydrogen-bond donors (Lipinski definition) is 1. The van der Waals surface area contributed by atoms with Crippen LogP contribution in [0.3, 0.4) is 0 Å². The van der Waals surface area contributed by atoms with Crippen LogP contribution in [-0.4, -0.2) is 26.4 Å². The molecular weight excluding hydrogens is 202 g/mol. The average Bonchev–Trinajstić information content (AvgIpc) is 2.76. The molecule has 1 aromatic carbocycles. The van der Waals surface area contributed by atoms with Gasteiger partial charge in [-0.15, -0.1) is 0 Å². The van der Waals surface area contributed by atoms with Crippen molar-refractivity contribution in [1.82, 2.24) is 0 Å².